The fraction of sp³-hybridized carbons (Fsp3) is 0.0833. The smallest absolute Gasteiger partial charge is 0.340 e. The molecule has 0 aromatic heterocycles. The Balaban J connectivity index is 2.96. The van der Waals surface area contributed by atoms with Crippen LogP contribution in [0, 0.1) is 6.92 Å². The Hall–Kier alpha value is -2.03. The second-order valence-corrected chi connectivity index (χ2v) is 3.44. The molecule has 15 heavy (non-hydrogen) atoms. The van der Waals surface area contributed by atoms with Gasteiger partial charge in [-0.3, -0.25) is 0 Å². The number of aromatic hydroxyl groups is 1. The molecular formula is C12H10O3. The summed E-state index contributed by atoms with van der Waals surface area (Å²) in [5.41, 5.74) is 0.837. The zero-order chi connectivity index (χ0) is 11.0. The molecule has 2 aromatic rings. The zero-order valence-corrected chi connectivity index (χ0v) is 8.19. The van der Waals surface area contributed by atoms with E-state index in [0.29, 0.717) is 5.39 Å². The molecule has 0 saturated heterocycles. The molecule has 0 fully saturated rings. The number of carboxylic acid groups (broad SMARTS) is 1. The van der Waals surface area contributed by atoms with Crippen LogP contribution in [-0.2, 0) is 0 Å². The van der Waals surface area contributed by atoms with Crippen molar-refractivity contribution in [3.05, 3.63) is 41.5 Å². The SMILES string of the molecule is Cc1cc(O)c(C(=O)O)c2ccccc12. The van der Waals surface area contributed by atoms with Gasteiger partial charge in [0.05, 0.1) is 0 Å². The maximum Gasteiger partial charge on any atom is 0.340 e. The number of hydrogen-bond acceptors (Lipinski definition) is 2. The lowest BCUT2D eigenvalue weighted by molar-refractivity contribution is 0.0696. The number of phenols is 1. The first-order valence-electron chi connectivity index (χ1n) is 4.56. The number of fused-ring (bicyclic) bond motifs is 1. The highest BCUT2D eigenvalue weighted by atomic mass is 16.4. The van der Waals surface area contributed by atoms with E-state index in [2.05, 4.69) is 0 Å². The van der Waals surface area contributed by atoms with E-state index in [1.807, 2.05) is 19.1 Å². The van der Waals surface area contributed by atoms with Crippen LogP contribution in [0.5, 0.6) is 5.75 Å². The van der Waals surface area contributed by atoms with Crippen LogP contribution in [0.4, 0.5) is 0 Å². The van der Waals surface area contributed by atoms with E-state index >= 15 is 0 Å². The van der Waals surface area contributed by atoms with Crippen LogP contribution >= 0.6 is 0 Å². The molecule has 0 unspecified atom stereocenters. The summed E-state index contributed by atoms with van der Waals surface area (Å²) in [5.74, 6) is -1.29. The van der Waals surface area contributed by atoms with Gasteiger partial charge in [0.15, 0.2) is 0 Å². The van der Waals surface area contributed by atoms with Crippen molar-refractivity contribution < 1.29 is 15.0 Å². The molecule has 3 heteroatoms. The first kappa shape index (κ1) is 9.52. The monoisotopic (exact) mass is 202 g/mol. The average molecular weight is 202 g/mol. The van der Waals surface area contributed by atoms with Crippen LogP contribution in [0.2, 0.25) is 0 Å². The predicted molar refractivity (Wildman–Crippen MR) is 57.3 cm³/mol. The van der Waals surface area contributed by atoms with Crippen LogP contribution in [0.15, 0.2) is 30.3 Å². The molecule has 2 aromatic carbocycles. The Labute approximate surface area is 86.6 Å². The molecule has 0 amide bonds. The van der Waals surface area contributed by atoms with Crippen molar-refractivity contribution in [2.45, 2.75) is 6.92 Å². The molecule has 0 radical (unpaired) electrons. The van der Waals surface area contributed by atoms with Gasteiger partial charge in [-0.1, -0.05) is 24.3 Å². The number of benzene rings is 2. The lowest BCUT2D eigenvalue weighted by Gasteiger charge is -2.07. The lowest BCUT2D eigenvalue weighted by atomic mass is 9.99. The van der Waals surface area contributed by atoms with Gasteiger partial charge in [-0.15, -0.1) is 0 Å². The van der Waals surface area contributed by atoms with E-state index in [1.165, 1.54) is 6.07 Å². The summed E-state index contributed by atoms with van der Waals surface area (Å²) in [6.45, 7) is 1.84. The van der Waals surface area contributed by atoms with Gasteiger partial charge >= 0.3 is 5.97 Å². The van der Waals surface area contributed by atoms with E-state index in [-0.39, 0.29) is 11.3 Å². The van der Waals surface area contributed by atoms with Crippen molar-refractivity contribution >= 4 is 16.7 Å². The first-order chi connectivity index (χ1) is 7.11. The van der Waals surface area contributed by atoms with Crippen molar-refractivity contribution in [3.63, 3.8) is 0 Å². The van der Waals surface area contributed by atoms with Crippen LogP contribution in [0.3, 0.4) is 0 Å². The van der Waals surface area contributed by atoms with Gasteiger partial charge in [-0.25, -0.2) is 4.79 Å². The van der Waals surface area contributed by atoms with Gasteiger partial charge in [0.25, 0.3) is 0 Å². The second-order valence-electron chi connectivity index (χ2n) is 3.44. The van der Waals surface area contributed by atoms with Crippen molar-refractivity contribution in [2.75, 3.05) is 0 Å². The van der Waals surface area contributed by atoms with Gasteiger partial charge in [0, 0.05) is 5.39 Å². The van der Waals surface area contributed by atoms with E-state index in [9.17, 15) is 9.90 Å². The zero-order valence-electron chi connectivity index (χ0n) is 8.19. The molecule has 2 rings (SSSR count). The minimum atomic E-state index is -1.11. The Morgan fingerprint density at radius 2 is 1.80 bits per heavy atom. The van der Waals surface area contributed by atoms with E-state index in [0.717, 1.165) is 10.9 Å². The highest BCUT2D eigenvalue weighted by Crippen LogP contribution is 2.29. The second kappa shape index (κ2) is 3.28. The number of carboxylic acids is 1. The molecule has 0 atom stereocenters. The largest absolute Gasteiger partial charge is 0.507 e. The lowest BCUT2D eigenvalue weighted by Crippen LogP contribution is -1.99. The molecule has 0 aliphatic heterocycles. The molecule has 76 valence electrons. The molecule has 0 aliphatic carbocycles. The molecule has 0 heterocycles. The van der Waals surface area contributed by atoms with Crippen molar-refractivity contribution in [3.8, 4) is 5.75 Å². The van der Waals surface area contributed by atoms with E-state index in [1.54, 1.807) is 12.1 Å². The Kier molecular flexibility index (Phi) is 2.08. The van der Waals surface area contributed by atoms with Crippen LogP contribution in [0.1, 0.15) is 15.9 Å². The van der Waals surface area contributed by atoms with Gasteiger partial charge in [0.2, 0.25) is 0 Å². The molecular weight excluding hydrogens is 192 g/mol. The number of carbonyl (C=O) groups is 1. The summed E-state index contributed by atoms with van der Waals surface area (Å²) >= 11 is 0. The average Bonchev–Trinajstić information content (AvgIpc) is 2.17. The normalized spacial score (nSPS) is 10.5. The van der Waals surface area contributed by atoms with Gasteiger partial charge < -0.3 is 10.2 Å². The van der Waals surface area contributed by atoms with Crippen molar-refractivity contribution in [1.29, 1.82) is 0 Å². The summed E-state index contributed by atoms with van der Waals surface area (Å²) in [5, 5.41) is 20.0. The molecule has 0 spiro atoms. The topological polar surface area (TPSA) is 57.5 Å². The maximum atomic E-state index is 11.0. The van der Waals surface area contributed by atoms with Gasteiger partial charge in [-0.05, 0) is 23.9 Å². The predicted octanol–water partition coefficient (Wildman–Crippen LogP) is 2.55. The van der Waals surface area contributed by atoms with Crippen LogP contribution < -0.4 is 0 Å². The Bertz CT molecular complexity index is 544. The highest BCUT2D eigenvalue weighted by Gasteiger charge is 2.14. The summed E-state index contributed by atoms with van der Waals surface area (Å²) in [4.78, 5) is 11.0. The van der Waals surface area contributed by atoms with Crippen molar-refractivity contribution in [2.24, 2.45) is 0 Å². The molecule has 0 saturated carbocycles. The van der Waals surface area contributed by atoms with Crippen LogP contribution in [0.25, 0.3) is 10.8 Å². The fourth-order valence-corrected chi connectivity index (χ4v) is 1.76. The van der Waals surface area contributed by atoms with Gasteiger partial charge in [-0.2, -0.15) is 0 Å². The number of aryl methyl sites for hydroxylation is 1. The molecule has 0 bridgehead atoms. The minimum absolute atomic E-state index is 0.0313. The van der Waals surface area contributed by atoms with E-state index < -0.39 is 5.97 Å². The quantitative estimate of drug-likeness (QED) is 0.747. The summed E-state index contributed by atoms with van der Waals surface area (Å²) in [6.07, 6.45) is 0. The summed E-state index contributed by atoms with van der Waals surface area (Å²) in [7, 11) is 0. The maximum absolute atomic E-state index is 11.0. The number of hydrogen-bond donors (Lipinski definition) is 2. The molecule has 2 N–H and O–H groups in total. The number of rotatable bonds is 1. The minimum Gasteiger partial charge on any atom is -0.507 e. The Morgan fingerprint density at radius 1 is 1.20 bits per heavy atom. The van der Waals surface area contributed by atoms with Crippen molar-refractivity contribution in [1.82, 2.24) is 0 Å². The summed E-state index contributed by atoms with van der Waals surface area (Å²) in [6, 6.07) is 8.62. The Morgan fingerprint density at radius 3 is 2.40 bits per heavy atom. The molecule has 3 nitrogen and oxygen atoms in total. The summed E-state index contributed by atoms with van der Waals surface area (Å²) < 4.78 is 0. The van der Waals surface area contributed by atoms with Gasteiger partial charge in [0.1, 0.15) is 11.3 Å². The third-order valence-corrected chi connectivity index (χ3v) is 2.44. The third kappa shape index (κ3) is 1.42. The number of aromatic carboxylic acids is 1. The standard InChI is InChI=1S/C12H10O3/c1-7-6-10(13)11(12(14)15)9-5-3-2-4-8(7)9/h2-6,13H,1H3,(H,14,15). The fourth-order valence-electron chi connectivity index (χ4n) is 1.76. The molecule has 0 aliphatic rings. The van der Waals surface area contributed by atoms with Crippen LogP contribution in [-0.4, -0.2) is 16.2 Å². The first-order valence-corrected chi connectivity index (χ1v) is 4.56. The van der Waals surface area contributed by atoms with E-state index in [4.69, 9.17) is 5.11 Å². The highest BCUT2D eigenvalue weighted by molar-refractivity contribution is 6.07. The third-order valence-electron chi connectivity index (χ3n) is 2.44.